The normalized spacial score (nSPS) is 21.3. The molecule has 1 nitrogen and oxygen atoms in total. The van der Waals surface area contributed by atoms with Gasteiger partial charge in [0.15, 0.2) is 5.78 Å². The van der Waals surface area contributed by atoms with Gasteiger partial charge in [0.1, 0.15) is 0 Å². The van der Waals surface area contributed by atoms with Crippen LogP contribution in [0.1, 0.15) is 40.5 Å². The summed E-state index contributed by atoms with van der Waals surface area (Å²) in [5.41, 5.74) is 0.128. The molecule has 1 saturated carbocycles. The molecule has 0 spiro atoms. The molecule has 68 valence electrons. The second-order valence-electron chi connectivity index (χ2n) is 5.10. The van der Waals surface area contributed by atoms with Crippen LogP contribution < -0.4 is 0 Å². The first-order valence-corrected chi connectivity index (χ1v) is 4.57. The van der Waals surface area contributed by atoms with E-state index in [4.69, 9.17) is 0 Å². The van der Waals surface area contributed by atoms with Crippen molar-refractivity contribution in [3.8, 4) is 0 Å². The number of ketones is 1. The maximum absolute atomic E-state index is 11.5. The van der Waals surface area contributed by atoms with Crippen molar-refractivity contribution >= 4 is 5.78 Å². The molecule has 1 rings (SSSR count). The van der Waals surface area contributed by atoms with Gasteiger partial charge in [-0.3, -0.25) is 4.79 Å². The number of rotatable bonds is 2. The van der Waals surface area contributed by atoms with E-state index in [1.54, 1.807) is 6.08 Å². The molecule has 0 bridgehead atoms. The van der Waals surface area contributed by atoms with E-state index >= 15 is 0 Å². The van der Waals surface area contributed by atoms with Crippen LogP contribution in [0.3, 0.4) is 0 Å². The molecular weight excluding hydrogens is 148 g/mol. The van der Waals surface area contributed by atoms with Crippen molar-refractivity contribution in [2.75, 3.05) is 0 Å². The quantitative estimate of drug-likeness (QED) is 0.576. The Balaban J connectivity index is 2.51. The van der Waals surface area contributed by atoms with Gasteiger partial charge in [0, 0.05) is 5.41 Å². The Morgan fingerprint density at radius 2 is 1.83 bits per heavy atom. The molecule has 0 saturated heterocycles. The fraction of sp³-hybridized carbons (Fsp3) is 0.727. The van der Waals surface area contributed by atoms with E-state index < -0.39 is 0 Å². The van der Waals surface area contributed by atoms with Gasteiger partial charge >= 0.3 is 0 Å². The van der Waals surface area contributed by atoms with E-state index in [0.29, 0.717) is 5.41 Å². The molecule has 0 aromatic heterocycles. The maximum Gasteiger partial charge on any atom is 0.160 e. The van der Waals surface area contributed by atoms with Crippen LogP contribution in [0.4, 0.5) is 0 Å². The Kier molecular flexibility index (Phi) is 2.15. The Morgan fingerprint density at radius 1 is 1.33 bits per heavy atom. The molecule has 0 heterocycles. The average molecular weight is 166 g/mol. The van der Waals surface area contributed by atoms with Crippen LogP contribution in [0.15, 0.2) is 12.2 Å². The SMILES string of the molecule is CC1(/C=C/C(=O)C(C)(C)C)CC1. The van der Waals surface area contributed by atoms with Crippen LogP contribution in [0.25, 0.3) is 0 Å². The second kappa shape index (κ2) is 2.72. The minimum absolute atomic E-state index is 0.220. The Hall–Kier alpha value is -0.590. The van der Waals surface area contributed by atoms with Gasteiger partial charge in [-0.15, -0.1) is 0 Å². The van der Waals surface area contributed by atoms with Crippen molar-refractivity contribution in [3.05, 3.63) is 12.2 Å². The number of allylic oxidation sites excluding steroid dienone is 2. The zero-order valence-corrected chi connectivity index (χ0v) is 8.48. The smallest absolute Gasteiger partial charge is 0.160 e. The topological polar surface area (TPSA) is 17.1 Å². The van der Waals surface area contributed by atoms with Gasteiger partial charge in [0.2, 0.25) is 0 Å². The van der Waals surface area contributed by atoms with Gasteiger partial charge in [-0.1, -0.05) is 33.8 Å². The van der Waals surface area contributed by atoms with Crippen LogP contribution in [-0.4, -0.2) is 5.78 Å². The van der Waals surface area contributed by atoms with Crippen molar-refractivity contribution in [2.24, 2.45) is 10.8 Å². The summed E-state index contributed by atoms with van der Waals surface area (Å²) in [5, 5.41) is 0. The molecular formula is C11H18O. The van der Waals surface area contributed by atoms with Gasteiger partial charge in [-0.2, -0.15) is 0 Å². The molecule has 0 aromatic carbocycles. The van der Waals surface area contributed by atoms with Gasteiger partial charge < -0.3 is 0 Å². The van der Waals surface area contributed by atoms with Gasteiger partial charge in [0.25, 0.3) is 0 Å². The third kappa shape index (κ3) is 2.47. The zero-order chi connectivity index (χ0) is 9.41. The van der Waals surface area contributed by atoms with Crippen LogP contribution in [0.5, 0.6) is 0 Å². The number of carbonyl (C=O) groups excluding carboxylic acids is 1. The molecule has 1 fully saturated rings. The van der Waals surface area contributed by atoms with Crippen molar-refractivity contribution < 1.29 is 4.79 Å². The molecule has 1 aliphatic carbocycles. The van der Waals surface area contributed by atoms with E-state index in [-0.39, 0.29) is 11.2 Å². The summed E-state index contributed by atoms with van der Waals surface area (Å²) in [7, 11) is 0. The van der Waals surface area contributed by atoms with Crippen LogP contribution in [-0.2, 0) is 4.79 Å². The summed E-state index contributed by atoms with van der Waals surface area (Å²) >= 11 is 0. The van der Waals surface area contributed by atoms with Crippen molar-refractivity contribution in [1.82, 2.24) is 0 Å². The summed E-state index contributed by atoms with van der Waals surface area (Å²) in [6.07, 6.45) is 6.30. The summed E-state index contributed by atoms with van der Waals surface area (Å²) in [5.74, 6) is 0.232. The highest BCUT2D eigenvalue weighted by Crippen LogP contribution is 2.46. The summed E-state index contributed by atoms with van der Waals surface area (Å²) in [6.45, 7) is 8.05. The fourth-order valence-corrected chi connectivity index (χ4v) is 0.891. The van der Waals surface area contributed by atoms with E-state index in [2.05, 4.69) is 13.0 Å². The fourth-order valence-electron chi connectivity index (χ4n) is 0.891. The van der Waals surface area contributed by atoms with Gasteiger partial charge in [-0.25, -0.2) is 0 Å². The largest absolute Gasteiger partial charge is 0.294 e. The van der Waals surface area contributed by atoms with Crippen LogP contribution in [0.2, 0.25) is 0 Å². The number of hydrogen-bond acceptors (Lipinski definition) is 1. The predicted octanol–water partition coefficient (Wildman–Crippen LogP) is 2.96. The Bertz CT molecular complexity index is 214. The highest BCUT2D eigenvalue weighted by atomic mass is 16.1. The van der Waals surface area contributed by atoms with Crippen molar-refractivity contribution in [3.63, 3.8) is 0 Å². The predicted molar refractivity (Wildman–Crippen MR) is 50.9 cm³/mol. The number of carbonyl (C=O) groups is 1. The molecule has 0 amide bonds. The molecule has 0 atom stereocenters. The standard InChI is InChI=1S/C11H18O/c1-10(2,3)9(12)5-6-11(4)7-8-11/h5-6H,7-8H2,1-4H3/b6-5+. The molecule has 0 unspecified atom stereocenters. The lowest BCUT2D eigenvalue weighted by molar-refractivity contribution is -0.121. The molecule has 0 radical (unpaired) electrons. The molecule has 0 N–H and O–H groups in total. The molecule has 12 heavy (non-hydrogen) atoms. The third-order valence-corrected chi connectivity index (χ3v) is 2.41. The van der Waals surface area contributed by atoms with Crippen LogP contribution in [0, 0.1) is 10.8 Å². The van der Waals surface area contributed by atoms with Gasteiger partial charge in [-0.05, 0) is 24.3 Å². The highest BCUT2D eigenvalue weighted by Gasteiger charge is 2.34. The lowest BCUT2D eigenvalue weighted by atomic mass is 9.90. The van der Waals surface area contributed by atoms with Gasteiger partial charge in [0.05, 0.1) is 0 Å². The lowest BCUT2D eigenvalue weighted by Gasteiger charge is -2.13. The summed E-state index contributed by atoms with van der Waals surface area (Å²) in [6, 6.07) is 0. The minimum Gasteiger partial charge on any atom is -0.294 e. The highest BCUT2D eigenvalue weighted by molar-refractivity contribution is 5.94. The Labute approximate surface area is 74.9 Å². The molecule has 1 aliphatic rings. The second-order valence-corrected chi connectivity index (χ2v) is 5.10. The number of hydrogen-bond donors (Lipinski definition) is 0. The van der Waals surface area contributed by atoms with E-state index in [1.165, 1.54) is 12.8 Å². The van der Waals surface area contributed by atoms with E-state index in [0.717, 1.165) is 0 Å². The molecule has 0 aliphatic heterocycles. The first-order chi connectivity index (χ1) is 5.33. The van der Waals surface area contributed by atoms with E-state index in [9.17, 15) is 4.79 Å². The first kappa shape index (κ1) is 9.50. The zero-order valence-electron chi connectivity index (χ0n) is 8.48. The molecule has 0 aromatic rings. The van der Waals surface area contributed by atoms with E-state index in [1.807, 2.05) is 20.8 Å². The van der Waals surface area contributed by atoms with Crippen LogP contribution >= 0.6 is 0 Å². The molecule has 1 heteroatoms. The third-order valence-electron chi connectivity index (χ3n) is 2.41. The first-order valence-electron chi connectivity index (χ1n) is 4.57. The lowest BCUT2D eigenvalue weighted by Crippen LogP contribution is -2.17. The Morgan fingerprint density at radius 3 is 2.17 bits per heavy atom. The maximum atomic E-state index is 11.5. The van der Waals surface area contributed by atoms with Crippen molar-refractivity contribution in [2.45, 2.75) is 40.5 Å². The summed E-state index contributed by atoms with van der Waals surface area (Å²) < 4.78 is 0. The monoisotopic (exact) mass is 166 g/mol. The van der Waals surface area contributed by atoms with Crippen molar-refractivity contribution in [1.29, 1.82) is 0 Å². The summed E-state index contributed by atoms with van der Waals surface area (Å²) in [4.78, 5) is 11.5. The average Bonchev–Trinajstić information content (AvgIpc) is 2.62. The minimum atomic E-state index is -0.220.